The molecule has 1 unspecified atom stereocenters. The Balaban J connectivity index is 1.03. The second-order valence-electron chi connectivity index (χ2n) is 10.2. The number of ether oxygens (including phenoxy) is 1. The van der Waals surface area contributed by atoms with E-state index >= 15 is 0 Å². The van der Waals surface area contributed by atoms with Crippen LogP contribution in [0.5, 0.6) is 5.75 Å². The van der Waals surface area contributed by atoms with Gasteiger partial charge < -0.3 is 20.7 Å². The number of rotatable bonds is 6. The van der Waals surface area contributed by atoms with Crippen LogP contribution in [0.25, 0.3) is 0 Å². The average Bonchev–Trinajstić information content (AvgIpc) is 2.78. The van der Waals surface area contributed by atoms with Crippen molar-refractivity contribution in [3.8, 4) is 5.75 Å². The first-order valence-electron chi connectivity index (χ1n) is 12.2. The van der Waals surface area contributed by atoms with Gasteiger partial charge in [-0.3, -0.25) is 4.79 Å². The molecule has 1 atom stereocenters. The number of urea groups is 1. The van der Waals surface area contributed by atoms with E-state index in [0.29, 0.717) is 6.54 Å². The lowest BCUT2D eigenvalue weighted by atomic mass is 9.50. The first-order valence-corrected chi connectivity index (χ1v) is 12.2. The number of benzene rings is 2. The zero-order valence-electron chi connectivity index (χ0n) is 19.5. The number of hydrogen-bond acceptors (Lipinski definition) is 3. The van der Waals surface area contributed by atoms with Crippen molar-refractivity contribution in [2.45, 2.75) is 63.6 Å². The van der Waals surface area contributed by atoms with E-state index in [1.165, 1.54) is 6.07 Å². The van der Waals surface area contributed by atoms with Gasteiger partial charge in [0.05, 0.1) is 13.2 Å². The van der Waals surface area contributed by atoms with Crippen LogP contribution in [0.3, 0.4) is 0 Å². The molecule has 3 N–H and O–H groups in total. The Bertz CT molecular complexity index is 1060. The van der Waals surface area contributed by atoms with Crippen LogP contribution in [-0.4, -0.2) is 25.1 Å². The maximum atomic E-state index is 13.5. The van der Waals surface area contributed by atoms with Gasteiger partial charge in [0.1, 0.15) is 11.6 Å². The minimum atomic E-state index is -0.214. The lowest BCUT2D eigenvalue weighted by molar-refractivity contribution is -0.139. The van der Waals surface area contributed by atoms with E-state index in [1.807, 2.05) is 30.3 Å². The SMILES string of the molecule is COc1ccc(CNC(=O)NC2CC3(C2)CC(C(=O)NC2CCCc4cc(F)ccc42)C3)cc1. The first kappa shape index (κ1) is 22.7. The third-order valence-electron chi connectivity index (χ3n) is 7.77. The fourth-order valence-corrected chi connectivity index (χ4v) is 5.98. The average molecular weight is 466 g/mol. The van der Waals surface area contributed by atoms with Gasteiger partial charge in [-0.1, -0.05) is 18.2 Å². The molecule has 0 aliphatic heterocycles. The summed E-state index contributed by atoms with van der Waals surface area (Å²) < 4.78 is 18.7. The third kappa shape index (κ3) is 4.74. The molecule has 0 bridgehead atoms. The number of carbonyl (C=O) groups excluding carboxylic acids is 2. The monoisotopic (exact) mass is 465 g/mol. The summed E-state index contributed by atoms with van der Waals surface area (Å²) in [6, 6.07) is 12.5. The van der Waals surface area contributed by atoms with Crippen molar-refractivity contribution in [2.75, 3.05) is 7.11 Å². The number of amides is 3. The molecule has 1 spiro atoms. The quantitative estimate of drug-likeness (QED) is 0.592. The van der Waals surface area contributed by atoms with Crippen LogP contribution >= 0.6 is 0 Å². The highest BCUT2D eigenvalue weighted by molar-refractivity contribution is 5.80. The largest absolute Gasteiger partial charge is 0.497 e. The maximum absolute atomic E-state index is 13.5. The standard InChI is InChI=1S/C27H32FN3O3/c1-34-22-8-5-17(6-9-22)16-29-26(33)30-21-14-27(15-21)12-19(13-27)25(32)31-24-4-2-3-18-11-20(28)7-10-23(18)24/h5-11,19,21,24H,2-4,12-16H2,1H3,(H,31,32)(H2,29,30,33). The summed E-state index contributed by atoms with van der Waals surface area (Å²) in [6.45, 7) is 0.465. The number of fused-ring (bicyclic) bond motifs is 1. The zero-order chi connectivity index (χ0) is 23.7. The Morgan fingerprint density at radius 3 is 2.56 bits per heavy atom. The van der Waals surface area contributed by atoms with Crippen molar-refractivity contribution in [3.63, 3.8) is 0 Å². The number of hydrogen-bond donors (Lipinski definition) is 3. The lowest BCUT2D eigenvalue weighted by Gasteiger charge is -2.57. The molecule has 180 valence electrons. The van der Waals surface area contributed by atoms with E-state index in [9.17, 15) is 14.0 Å². The highest BCUT2D eigenvalue weighted by Gasteiger charge is 2.55. The minimum absolute atomic E-state index is 0.0152. The molecule has 0 radical (unpaired) electrons. The fraction of sp³-hybridized carbons (Fsp3) is 0.481. The molecule has 2 fully saturated rings. The van der Waals surface area contributed by atoms with Crippen molar-refractivity contribution in [2.24, 2.45) is 11.3 Å². The Morgan fingerprint density at radius 1 is 1.06 bits per heavy atom. The molecule has 2 aromatic rings. The van der Waals surface area contributed by atoms with Crippen LogP contribution in [0.2, 0.25) is 0 Å². The molecule has 3 aliphatic rings. The molecule has 3 aliphatic carbocycles. The molecular weight excluding hydrogens is 433 g/mol. The summed E-state index contributed by atoms with van der Waals surface area (Å²) >= 11 is 0. The van der Waals surface area contributed by atoms with E-state index in [-0.39, 0.29) is 41.2 Å². The van der Waals surface area contributed by atoms with Gasteiger partial charge in [-0.25, -0.2) is 9.18 Å². The third-order valence-corrected chi connectivity index (χ3v) is 7.77. The van der Waals surface area contributed by atoms with Gasteiger partial charge in [0.25, 0.3) is 0 Å². The summed E-state index contributed by atoms with van der Waals surface area (Å²) in [5, 5.41) is 9.17. The number of carbonyl (C=O) groups is 2. The number of nitrogens with one attached hydrogen (secondary N) is 3. The number of aryl methyl sites for hydroxylation is 1. The molecule has 3 amide bonds. The molecule has 6 nitrogen and oxygen atoms in total. The summed E-state index contributed by atoms with van der Waals surface area (Å²) in [6.07, 6.45) is 6.36. The van der Waals surface area contributed by atoms with Gasteiger partial charge >= 0.3 is 6.03 Å². The predicted molar refractivity (Wildman–Crippen MR) is 127 cm³/mol. The molecule has 5 rings (SSSR count). The highest BCUT2D eigenvalue weighted by atomic mass is 19.1. The molecule has 34 heavy (non-hydrogen) atoms. The first-order chi connectivity index (χ1) is 16.4. The highest BCUT2D eigenvalue weighted by Crippen LogP contribution is 2.58. The van der Waals surface area contributed by atoms with Crippen LogP contribution in [0.15, 0.2) is 42.5 Å². The van der Waals surface area contributed by atoms with Crippen LogP contribution in [0.4, 0.5) is 9.18 Å². The molecule has 0 aromatic heterocycles. The lowest BCUT2D eigenvalue weighted by Crippen LogP contribution is -2.59. The van der Waals surface area contributed by atoms with Crippen molar-refractivity contribution in [3.05, 3.63) is 65.0 Å². The molecule has 2 saturated carbocycles. The summed E-state index contributed by atoms with van der Waals surface area (Å²) in [4.78, 5) is 25.1. The van der Waals surface area contributed by atoms with E-state index < -0.39 is 0 Å². The molecule has 0 saturated heterocycles. The molecule has 0 heterocycles. The zero-order valence-corrected chi connectivity index (χ0v) is 19.5. The molecule has 2 aromatic carbocycles. The molecule has 7 heteroatoms. The Kier molecular flexibility index (Phi) is 6.19. The summed E-state index contributed by atoms with van der Waals surface area (Å²) in [5.74, 6) is 0.728. The fourth-order valence-electron chi connectivity index (χ4n) is 5.98. The topological polar surface area (TPSA) is 79.5 Å². The van der Waals surface area contributed by atoms with Crippen molar-refractivity contribution >= 4 is 11.9 Å². The Morgan fingerprint density at radius 2 is 1.82 bits per heavy atom. The summed E-state index contributed by atoms with van der Waals surface area (Å²) in [7, 11) is 1.63. The molecular formula is C27H32FN3O3. The van der Waals surface area contributed by atoms with Crippen LogP contribution in [0, 0.1) is 17.2 Å². The summed E-state index contributed by atoms with van der Waals surface area (Å²) in [5.41, 5.74) is 3.28. The van der Waals surface area contributed by atoms with Gasteiger partial charge in [0, 0.05) is 18.5 Å². The van der Waals surface area contributed by atoms with E-state index in [0.717, 1.165) is 67.4 Å². The second kappa shape index (κ2) is 9.28. The minimum Gasteiger partial charge on any atom is -0.497 e. The predicted octanol–water partition coefficient (Wildman–Crippen LogP) is 4.39. The van der Waals surface area contributed by atoms with Gasteiger partial charge in [-0.2, -0.15) is 0 Å². The maximum Gasteiger partial charge on any atom is 0.315 e. The number of halogens is 1. The Hall–Kier alpha value is -3.09. The smallest absolute Gasteiger partial charge is 0.315 e. The van der Waals surface area contributed by atoms with Crippen LogP contribution < -0.4 is 20.7 Å². The van der Waals surface area contributed by atoms with E-state index in [1.54, 1.807) is 13.2 Å². The normalized spacial score (nSPS) is 27.1. The van der Waals surface area contributed by atoms with Gasteiger partial charge in [0.15, 0.2) is 0 Å². The van der Waals surface area contributed by atoms with Crippen molar-refractivity contribution < 1.29 is 18.7 Å². The van der Waals surface area contributed by atoms with Gasteiger partial charge in [0.2, 0.25) is 5.91 Å². The number of methoxy groups -OCH3 is 1. The van der Waals surface area contributed by atoms with Crippen LogP contribution in [0.1, 0.15) is 61.3 Å². The van der Waals surface area contributed by atoms with Crippen LogP contribution in [-0.2, 0) is 17.8 Å². The van der Waals surface area contributed by atoms with Crippen molar-refractivity contribution in [1.29, 1.82) is 0 Å². The second-order valence-corrected chi connectivity index (χ2v) is 10.2. The van der Waals surface area contributed by atoms with E-state index in [4.69, 9.17) is 4.74 Å². The van der Waals surface area contributed by atoms with Gasteiger partial charge in [-0.15, -0.1) is 0 Å². The van der Waals surface area contributed by atoms with Crippen molar-refractivity contribution in [1.82, 2.24) is 16.0 Å². The Labute approximate surface area is 199 Å². The van der Waals surface area contributed by atoms with Gasteiger partial charge in [-0.05, 0) is 91.3 Å². The van der Waals surface area contributed by atoms with E-state index in [2.05, 4.69) is 16.0 Å².